The van der Waals surface area contributed by atoms with Gasteiger partial charge in [-0.15, -0.1) is 0 Å². The smallest absolute Gasteiger partial charge is 0.0354 e. The van der Waals surface area contributed by atoms with Gasteiger partial charge < -0.3 is 0 Å². The Balaban J connectivity index is 1.87. The van der Waals surface area contributed by atoms with Crippen molar-refractivity contribution in [3.8, 4) is 0 Å². The lowest BCUT2D eigenvalue weighted by Gasteiger charge is -2.28. The van der Waals surface area contributed by atoms with E-state index in [-0.39, 0.29) is 0 Å². The van der Waals surface area contributed by atoms with E-state index in [1.165, 1.54) is 89.9 Å². The Kier molecular flexibility index (Phi) is 8.48. The molecule has 0 heteroatoms. The molecule has 2 aliphatic carbocycles. The normalized spacial score (nSPS) is 35.3. The van der Waals surface area contributed by atoms with Gasteiger partial charge in [0.2, 0.25) is 0 Å². The first-order valence-corrected chi connectivity index (χ1v) is 11.1. The van der Waals surface area contributed by atoms with Crippen LogP contribution in [-0.2, 0) is 0 Å². The van der Waals surface area contributed by atoms with Gasteiger partial charge in [-0.1, -0.05) is 111 Å². The second kappa shape index (κ2) is 10.1. The molecule has 0 aromatic carbocycles. The van der Waals surface area contributed by atoms with Gasteiger partial charge in [0.15, 0.2) is 0 Å². The van der Waals surface area contributed by atoms with Crippen molar-refractivity contribution >= 4 is 0 Å². The Bertz CT molecular complexity index is 303. The first-order valence-electron chi connectivity index (χ1n) is 11.1. The molecule has 0 N–H and O–H groups in total. The van der Waals surface area contributed by atoms with Crippen LogP contribution in [0.4, 0.5) is 0 Å². The maximum atomic E-state index is 2.50. The fraction of sp³-hybridized carbons (Fsp3) is 1.00. The fourth-order valence-corrected chi connectivity index (χ4v) is 5.33. The molecule has 0 heterocycles. The van der Waals surface area contributed by atoms with Gasteiger partial charge in [-0.3, -0.25) is 0 Å². The highest BCUT2D eigenvalue weighted by atomic mass is 14.3. The van der Waals surface area contributed by atoms with Crippen molar-refractivity contribution in [3.05, 3.63) is 0 Å². The molecule has 0 aliphatic heterocycles. The molecule has 0 radical (unpaired) electrons. The molecule has 3 unspecified atom stereocenters. The molecule has 0 amide bonds. The van der Waals surface area contributed by atoms with Crippen molar-refractivity contribution < 1.29 is 0 Å². The highest BCUT2D eigenvalue weighted by Gasteiger charge is 2.25. The van der Waals surface area contributed by atoms with Crippen LogP contribution in [0.3, 0.4) is 0 Å². The molecule has 136 valence electrons. The Labute approximate surface area is 147 Å². The zero-order chi connectivity index (χ0) is 16.5. The summed E-state index contributed by atoms with van der Waals surface area (Å²) >= 11 is 0. The fourth-order valence-electron chi connectivity index (χ4n) is 5.33. The lowest BCUT2D eigenvalue weighted by Crippen LogP contribution is -2.16. The molecule has 2 aliphatic rings. The third-order valence-corrected chi connectivity index (χ3v) is 7.07. The topological polar surface area (TPSA) is 0 Å². The molecule has 2 fully saturated rings. The molecule has 2 saturated carbocycles. The highest BCUT2D eigenvalue weighted by molar-refractivity contribution is 4.77. The Hall–Kier alpha value is 0. The summed E-state index contributed by atoms with van der Waals surface area (Å²) in [6.07, 6.45) is 24.1. The zero-order valence-corrected chi connectivity index (χ0v) is 16.5. The van der Waals surface area contributed by atoms with E-state index in [9.17, 15) is 0 Å². The summed E-state index contributed by atoms with van der Waals surface area (Å²) in [6, 6.07) is 0. The largest absolute Gasteiger partial charge is 0.0625 e. The Morgan fingerprint density at radius 3 is 1.65 bits per heavy atom. The van der Waals surface area contributed by atoms with Crippen molar-refractivity contribution in [2.75, 3.05) is 0 Å². The predicted octanol–water partition coefficient (Wildman–Crippen LogP) is 8.15. The van der Waals surface area contributed by atoms with Crippen LogP contribution in [0.1, 0.15) is 124 Å². The Morgan fingerprint density at radius 1 is 0.522 bits per heavy atom. The maximum Gasteiger partial charge on any atom is -0.0354 e. The van der Waals surface area contributed by atoms with Gasteiger partial charge in [-0.05, 0) is 36.0 Å². The summed E-state index contributed by atoms with van der Waals surface area (Å²) < 4.78 is 0. The van der Waals surface area contributed by atoms with Crippen molar-refractivity contribution in [1.82, 2.24) is 0 Å². The summed E-state index contributed by atoms with van der Waals surface area (Å²) in [5, 5.41) is 0. The SMILES string of the molecule is CC1CCCCCC(C2CCCCC(C)(C)CCC2)CCCC1. The third kappa shape index (κ3) is 7.61. The van der Waals surface area contributed by atoms with E-state index in [4.69, 9.17) is 0 Å². The van der Waals surface area contributed by atoms with E-state index < -0.39 is 0 Å². The van der Waals surface area contributed by atoms with Gasteiger partial charge in [0.25, 0.3) is 0 Å². The zero-order valence-electron chi connectivity index (χ0n) is 16.5. The second-order valence-corrected chi connectivity index (χ2v) is 9.85. The quantitative estimate of drug-likeness (QED) is 0.457. The number of rotatable bonds is 1. The molecule has 2 rings (SSSR count). The van der Waals surface area contributed by atoms with E-state index in [0.29, 0.717) is 5.41 Å². The highest BCUT2D eigenvalue weighted by Crippen LogP contribution is 2.38. The Morgan fingerprint density at radius 2 is 0.957 bits per heavy atom. The van der Waals surface area contributed by atoms with Crippen LogP contribution in [-0.4, -0.2) is 0 Å². The molecule has 0 nitrogen and oxygen atoms in total. The van der Waals surface area contributed by atoms with Crippen molar-refractivity contribution in [2.45, 2.75) is 124 Å². The van der Waals surface area contributed by atoms with Gasteiger partial charge >= 0.3 is 0 Å². The van der Waals surface area contributed by atoms with Crippen LogP contribution >= 0.6 is 0 Å². The number of hydrogen-bond acceptors (Lipinski definition) is 0. The van der Waals surface area contributed by atoms with Gasteiger partial charge in [0.1, 0.15) is 0 Å². The van der Waals surface area contributed by atoms with E-state index >= 15 is 0 Å². The van der Waals surface area contributed by atoms with Crippen LogP contribution in [0.25, 0.3) is 0 Å². The van der Waals surface area contributed by atoms with Crippen LogP contribution in [0, 0.1) is 23.2 Å². The van der Waals surface area contributed by atoms with E-state index in [0.717, 1.165) is 17.8 Å². The second-order valence-electron chi connectivity index (χ2n) is 9.85. The number of hydrogen-bond donors (Lipinski definition) is 0. The summed E-state index contributed by atoms with van der Waals surface area (Å²) in [7, 11) is 0. The molecule has 0 bridgehead atoms. The lowest BCUT2D eigenvalue weighted by atomic mass is 9.78. The monoisotopic (exact) mass is 320 g/mol. The summed E-state index contributed by atoms with van der Waals surface area (Å²) in [4.78, 5) is 0. The molecule has 23 heavy (non-hydrogen) atoms. The van der Waals surface area contributed by atoms with Gasteiger partial charge in [0, 0.05) is 0 Å². The van der Waals surface area contributed by atoms with Crippen LogP contribution in [0.15, 0.2) is 0 Å². The van der Waals surface area contributed by atoms with Gasteiger partial charge in [0.05, 0.1) is 0 Å². The lowest BCUT2D eigenvalue weighted by molar-refractivity contribution is 0.238. The molecule has 3 atom stereocenters. The van der Waals surface area contributed by atoms with E-state index in [2.05, 4.69) is 20.8 Å². The van der Waals surface area contributed by atoms with Crippen LogP contribution in [0.5, 0.6) is 0 Å². The van der Waals surface area contributed by atoms with Crippen LogP contribution in [0.2, 0.25) is 0 Å². The summed E-state index contributed by atoms with van der Waals surface area (Å²) in [5.74, 6) is 3.10. The standard InChI is InChI=1S/C23H44/c1-20-12-5-4-6-14-21(15-8-7-13-20)22-16-9-10-18-23(2,3)19-11-17-22/h20-22H,4-19H2,1-3H3. The predicted molar refractivity (Wildman–Crippen MR) is 104 cm³/mol. The first kappa shape index (κ1) is 19.3. The first-order chi connectivity index (χ1) is 11.1. The maximum absolute atomic E-state index is 2.50. The van der Waals surface area contributed by atoms with Gasteiger partial charge in [-0.2, -0.15) is 0 Å². The van der Waals surface area contributed by atoms with Crippen LogP contribution < -0.4 is 0 Å². The average molecular weight is 321 g/mol. The molecule has 0 spiro atoms. The van der Waals surface area contributed by atoms with Crippen molar-refractivity contribution in [2.24, 2.45) is 23.2 Å². The molecular weight excluding hydrogens is 276 g/mol. The summed E-state index contributed by atoms with van der Waals surface area (Å²) in [6.45, 7) is 7.48. The minimum Gasteiger partial charge on any atom is -0.0625 e. The van der Waals surface area contributed by atoms with E-state index in [1.54, 1.807) is 12.8 Å². The molecular formula is C23H44. The summed E-state index contributed by atoms with van der Waals surface area (Å²) in [5.41, 5.74) is 0.610. The van der Waals surface area contributed by atoms with Crippen molar-refractivity contribution in [3.63, 3.8) is 0 Å². The minimum atomic E-state index is 0.610. The molecule has 0 saturated heterocycles. The average Bonchev–Trinajstić information content (AvgIpc) is 2.55. The molecule has 0 aromatic rings. The van der Waals surface area contributed by atoms with Gasteiger partial charge in [-0.25, -0.2) is 0 Å². The molecule has 0 aromatic heterocycles. The van der Waals surface area contributed by atoms with E-state index in [1.807, 2.05) is 0 Å². The minimum absolute atomic E-state index is 0.610. The third-order valence-electron chi connectivity index (χ3n) is 7.07. The van der Waals surface area contributed by atoms with Crippen molar-refractivity contribution in [1.29, 1.82) is 0 Å².